The molecule has 5 heteroatoms. The Morgan fingerprint density at radius 2 is 2.18 bits per heavy atom. The van der Waals surface area contributed by atoms with Gasteiger partial charge in [-0.25, -0.2) is 8.78 Å². The molecule has 0 unspecified atom stereocenters. The second-order valence-electron chi connectivity index (χ2n) is 3.40. The number of allylic oxidation sites excluding steroid dienone is 1. The molecule has 1 rings (SSSR count). The fraction of sp³-hybridized carbons (Fsp3) is 0.250. The van der Waals surface area contributed by atoms with E-state index in [-0.39, 0.29) is 16.4 Å². The number of nitrogen functional groups attached to an aromatic ring is 1. The van der Waals surface area contributed by atoms with E-state index in [1.54, 1.807) is 6.08 Å². The van der Waals surface area contributed by atoms with Gasteiger partial charge in [0.2, 0.25) is 0 Å². The van der Waals surface area contributed by atoms with E-state index in [0.717, 1.165) is 6.07 Å². The molecule has 2 N–H and O–H groups in total. The Balaban J connectivity index is 2.65. The maximum Gasteiger partial charge on any atom is 0.185 e. The van der Waals surface area contributed by atoms with E-state index < -0.39 is 11.6 Å². The minimum Gasteiger partial charge on any atom is -0.396 e. The average molecular weight is 257 g/mol. The van der Waals surface area contributed by atoms with E-state index >= 15 is 0 Å². The van der Waals surface area contributed by atoms with Crippen LogP contribution in [0.3, 0.4) is 0 Å². The second kappa shape index (κ2) is 6.39. The second-order valence-corrected chi connectivity index (χ2v) is 4.67. The van der Waals surface area contributed by atoms with Crippen molar-refractivity contribution in [1.29, 1.82) is 0 Å². The van der Waals surface area contributed by atoms with Crippen LogP contribution in [0.25, 0.3) is 6.08 Å². The number of hydrogen-bond acceptors (Lipinski definition) is 3. The maximum absolute atomic E-state index is 13.4. The monoisotopic (exact) mass is 257 g/mol. The maximum atomic E-state index is 13.4. The number of anilines is 1. The van der Waals surface area contributed by atoms with Gasteiger partial charge in [0.05, 0.1) is 5.69 Å². The molecule has 0 amide bonds. The van der Waals surface area contributed by atoms with Crippen molar-refractivity contribution in [2.75, 3.05) is 11.5 Å². The van der Waals surface area contributed by atoms with E-state index in [2.05, 4.69) is 0 Å². The van der Waals surface area contributed by atoms with Gasteiger partial charge in [-0.2, -0.15) is 0 Å². The van der Waals surface area contributed by atoms with Crippen LogP contribution in [0.4, 0.5) is 14.5 Å². The van der Waals surface area contributed by atoms with E-state index in [1.807, 2.05) is 0 Å². The van der Waals surface area contributed by atoms with Crippen LogP contribution in [0.15, 0.2) is 18.2 Å². The van der Waals surface area contributed by atoms with Crippen molar-refractivity contribution in [1.82, 2.24) is 0 Å². The summed E-state index contributed by atoms with van der Waals surface area (Å²) in [6.07, 6.45) is 3.54. The molecule has 0 aliphatic rings. The zero-order valence-electron chi connectivity index (χ0n) is 9.37. The van der Waals surface area contributed by atoms with E-state index in [1.165, 1.54) is 30.8 Å². The molecule has 0 aromatic heterocycles. The van der Waals surface area contributed by atoms with Crippen LogP contribution in [-0.4, -0.2) is 10.9 Å². The summed E-state index contributed by atoms with van der Waals surface area (Å²) in [7, 11) is 0. The van der Waals surface area contributed by atoms with Crippen molar-refractivity contribution < 1.29 is 13.6 Å². The largest absolute Gasteiger partial charge is 0.396 e. The van der Waals surface area contributed by atoms with Gasteiger partial charge < -0.3 is 5.73 Å². The lowest BCUT2D eigenvalue weighted by molar-refractivity contribution is -0.109. The quantitative estimate of drug-likeness (QED) is 0.665. The van der Waals surface area contributed by atoms with Gasteiger partial charge in [0.25, 0.3) is 0 Å². The summed E-state index contributed by atoms with van der Waals surface area (Å²) in [6.45, 7) is 1.48. The zero-order chi connectivity index (χ0) is 12.8. The van der Waals surface area contributed by atoms with Crippen molar-refractivity contribution in [2.24, 2.45) is 0 Å². The third-order valence-electron chi connectivity index (χ3n) is 2.03. The summed E-state index contributed by atoms with van der Waals surface area (Å²) < 4.78 is 26.7. The van der Waals surface area contributed by atoms with Crippen LogP contribution in [0.2, 0.25) is 0 Å². The first-order valence-electron chi connectivity index (χ1n) is 5.05. The number of rotatable bonds is 4. The van der Waals surface area contributed by atoms with Gasteiger partial charge in [0, 0.05) is 18.2 Å². The molecule has 17 heavy (non-hydrogen) atoms. The summed E-state index contributed by atoms with van der Waals surface area (Å²) in [6, 6.07) is 2.32. The molecule has 0 fully saturated rings. The fourth-order valence-corrected chi connectivity index (χ4v) is 1.75. The number of carbonyl (C=O) groups excluding carboxylic acids is 1. The molecule has 0 atom stereocenters. The van der Waals surface area contributed by atoms with E-state index in [4.69, 9.17) is 5.73 Å². The topological polar surface area (TPSA) is 43.1 Å². The van der Waals surface area contributed by atoms with Crippen molar-refractivity contribution in [3.8, 4) is 0 Å². The van der Waals surface area contributed by atoms with Crippen molar-refractivity contribution >= 4 is 28.6 Å². The van der Waals surface area contributed by atoms with Crippen LogP contribution in [0.5, 0.6) is 0 Å². The number of nitrogens with two attached hydrogens (primary N) is 1. The summed E-state index contributed by atoms with van der Waals surface area (Å²) >= 11 is 1.18. The van der Waals surface area contributed by atoms with Crippen molar-refractivity contribution in [3.05, 3.63) is 35.4 Å². The molecule has 92 valence electrons. The SMILES string of the molecule is CC(=O)SCCC=Cc1c(F)ccc(N)c1F. The molecule has 1 aromatic rings. The first-order valence-corrected chi connectivity index (χ1v) is 6.04. The lowest BCUT2D eigenvalue weighted by Crippen LogP contribution is -1.96. The number of thioether (sulfide) groups is 1. The highest BCUT2D eigenvalue weighted by molar-refractivity contribution is 8.13. The molecular weight excluding hydrogens is 244 g/mol. The van der Waals surface area contributed by atoms with Crippen LogP contribution in [-0.2, 0) is 4.79 Å². The predicted molar refractivity (Wildman–Crippen MR) is 67.6 cm³/mol. The highest BCUT2D eigenvalue weighted by Gasteiger charge is 2.08. The molecule has 0 aliphatic heterocycles. The number of hydrogen-bond donors (Lipinski definition) is 1. The highest BCUT2D eigenvalue weighted by atomic mass is 32.2. The van der Waals surface area contributed by atoms with Gasteiger partial charge in [0.15, 0.2) is 10.9 Å². The number of halogens is 2. The molecule has 2 nitrogen and oxygen atoms in total. The standard InChI is InChI=1S/C12H13F2NOS/c1-8(16)17-7-3-2-4-9-10(13)5-6-11(15)12(9)14/h2,4-6H,3,7,15H2,1H3. The van der Waals surface area contributed by atoms with Crippen LogP contribution in [0, 0.1) is 11.6 Å². The zero-order valence-corrected chi connectivity index (χ0v) is 10.2. The highest BCUT2D eigenvalue weighted by Crippen LogP contribution is 2.20. The van der Waals surface area contributed by atoms with Crippen LogP contribution >= 0.6 is 11.8 Å². The van der Waals surface area contributed by atoms with Gasteiger partial charge in [-0.05, 0) is 18.6 Å². The van der Waals surface area contributed by atoms with Gasteiger partial charge >= 0.3 is 0 Å². The Hall–Kier alpha value is -1.36. The minimum atomic E-state index is -0.750. The van der Waals surface area contributed by atoms with Crippen LogP contribution < -0.4 is 5.73 Å². The van der Waals surface area contributed by atoms with Crippen molar-refractivity contribution in [2.45, 2.75) is 13.3 Å². The number of benzene rings is 1. The molecule has 1 aromatic carbocycles. The molecule has 0 heterocycles. The molecule has 0 saturated carbocycles. The Morgan fingerprint density at radius 3 is 2.82 bits per heavy atom. The predicted octanol–water partition coefficient (Wildman–Crippen LogP) is 3.23. The third-order valence-corrected chi connectivity index (χ3v) is 2.88. The average Bonchev–Trinajstić information content (AvgIpc) is 2.27. The van der Waals surface area contributed by atoms with Gasteiger partial charge in [0.1, 0.15) is 5.82 Å². The summed E-state index contributed by atoms with van der Waals surface area (Å²) in [5, 5.41) is 0.0275. The summed E-state index contributed by atoms with van der Waals surface area (Å²) in [4.78, 5) is 10.6. The summed E-state index contributed by atoms with van der Waals surface area (Å²) in [5.74, 6) is -0.801. The van der Waals surface area contributed by atoms with E-state index in [0.29, 0.717) is 12.2 Å². The summed E-state index contributed by atoms with van der Waals surface area (Å²) in [5.41, 5.74) is 5.11. The first-order chi connectivity index (χ1) is 8.02. The Kier molecular flexibility index (Phi) is 5.15. The molecular formula is C12H13F2NOS. The molecule has 0 saturated heterocycles. The molecule has 0 radical (unpaired) electrons. The molecule has 0 bridgehead atoms. The number of carbonyl (C=O) groups is 1. The first kappa shape index (κ1) is 13.7. The Bertz CT molecular complexity index is 446. The van der Waals surface area contributed by atoms with Gasteiger partial charge in [-0.3, -0.25) is 4.79 Å². The Labute approximate surface area is 103 Å². The Morgan fingerprint density at radius 1 is 1.47 bits per heavy atom. The van der Waals surface area contributed by atoms with Gasteiger partial charge in [-0.1, -0.05) is 23.9 Å². The lowest BCUT2D eigenvalue weighted by Gasteiger charge is -2.02. The lowest BCUT2D eigenvalue weighted by atomic mass is 10.1. The third kappa shape index (κ3) is 4.19. The minimum absolute atomic E-state index is 0.0275. The van der Waals surface area contributed by atoms with Crippen LogP contribution in [0.1, 0.15) is 18.9 Å². The van der Waals surface area contributed by atoms with Gasteiger partial charge in [-0.15, -0.1) is 0 Å². The molecule has 0 spiro atoms. The van der Waals surface area contributed by atoms with Crippen molar-refractivity contribution in [3.63, 3.8) is 0 Å². The smallest absolute Gasteiger partial charge is 0.185 e. The normalized spacial score (nSPS) is 11.0. The molecule has 0 aliphatic carbocycles. The fourth-order valence-electron chi connectivity index (χ4n) is 1.21. The van der Waals surface area contributed by atoms with E-state index in [9.17, 15) is 13.6 Å².